The summed E-state index contributed by atoms with van der Waals surface area (Å²) in [5, 5.41) is 0. The number of sulfonamides is 1. The lowest BCUT2D eigenvalue weighted by atomic mass is 10.2. The molecular formula is C18H21N3O2S. The number of benzene rings is 2. The molecule has 3 aromatic rings. The van der Waals surface area contributed by atoms with Crippen molar-refractivity contribution in [2.45, 2.75) is 19.1 Å². The highest BCUT2D eigenvalue weighted by Gasteiger charge is 2.12. The Bertz CT molecular complexity index is 944. The van der Waals surface area contributed by atoms with E-state index in [1.165, 1.54) is 0 Å². The lowest BCUT2D eigenvalue weighted by molar-refractivity contribution is 0.579. The zero-order valence-corrected chi connectivity index (χ0v) is 14.7. The first-order valence-corrected chi connectivity index (χ1v) is 9.53. The van der Waals surface area contributed by atoms with Gasteiger partial charge in [-0.05, 0) is 24.6 Å². The maximum absolute atomic E-state index is 12.2. The molecule has 0 amide bonds. The molecule has 0 atom stereocenters. The second-order valence-corrected chi connectivity index (χ2v) is 7.77. The molecular weight excluding hydrogens is 322 g/mol. The zero-order chi connectivity index (χ0) is 17.2. The molecule has 1 N–H and O–H groups in total. The van der Waals surface area contributed by atoms with Crippen molar-refractivity contribution in [1.29, 1.82) is 0 Å². The summed E-state index contributed by atoms with van der Waals surface area (Å²) in [7, 11) is -1.40. The van der Waals surface area contributed by atoms with Gasteiger partial charge in [-0.2, -0.15) is 0 Å². The molecule has 0 fully saturated rings. The minimum absolute atomic E-state index is 0.00415. The predicted molar refractivity (Wildman–Crippen MR) is 96.2 cm³/mol. The van der Waals surface area contributed by atoms with Crippen LogP contribution in [0.1, 0.15) is 17.0 Å². The third kappa shape index (κ3) is 3.83. The summed E-state index contributed by atoms with van der Waals surface area (Å²) in [6.45, 7) is 2.32. The first kappa shape index (κ1) is 16.7. The minimum atomic E-state index is -3.35. The molecule has 0 unspecified atom stereocenters. The van der Waals surface area contributed by atoms with Crippen molar-refractivity contribution in [1.82, 2.24) is 14.3 Å². The minimum Gasteiger partial charge on any atom is -0.331 e. The maximum Gasteiger partial charge on any atom is 0.215 e. The molecule has 5 nitrogen and oxygen atoms in total. The van der Waals surface area contributed by atoms with Gasteiger partial charge in [0.25, 0.3) is 0 Å². The van der Waals surface area contributed by atoms with Crippen molar-refractivity contribution >= 4 is 21.1 Å². The molecule has 24 heavy (non-hydrogen) atoms. The summed E-state index contributed by atoms with van der Waals surface area (Å²) in [6, 6.07) is 15.4. The first-order valence-electron chi connectivity index (χ1n) is 7.88. The van der Waals surface area contributed by atoms with Crippen molar-refractivity contribution in [2.75, 3.05) is 6.54 Å². The van der Waals surface area contributed by atoms with E-state index in [2.05, 4.69) is 9.71 Å². The van der Waals surface area contributed by atoms with Gasteiger partial charge in [0, 0.05) is 20.0 Å². The van der Waals surface area contributed by atoms with Crippen LogP contribution in [0.2, 0.25) is 0 Å². The van der Waals surface area contributed by atoms with E-state index in [0.29, 0.717) is 13.0 Å². The second kappa shape index (κ2) is 6.75. The molecule has 0 spiro atoms. The van der Waals surface area contributed by atoms with Crippen LogP contribution in [0.25, 0.3) is 11.0 Å². The number of imidazole rings is 1. The Morgan fingerprint density at radius 3 is 2.50 bits per heavy atom. The number of hydrogen-bond acceptors (Lipinski definition) is 3. The highest BCUT2D eigenvalue weighted by Crippen LogP contribution is 2.14. The summed E-state index contributed by atoms with van der Waals surface area (Å²) >= 11 is 0. The van der Waals surface area contributed by atoms with Crippen LogP contribution in [0.15, 0.2) is 48.5 Å². The van der Waals surface area contributed by atoms with Gasteiger partial charge in [-0.15, -0.1) is 0 Å². The fourth-order valence-corrected chi connectivity index (χ4v) is 3.84. The molecule has 0 radical (unpaired) electrons. The molecule has 0 bridgehead atoms. The van der Waals surface area contributed by atoms with Gasteiger partial charge in [-0.25, -0.2) is 18.1 Å². The molecule has 0 aliphatic rings. The maximum atomic E-state index is 12.2. The van der Waals surface area contributed by atoms with E-state index >= 15 is 0 Å². The van der Waals surface area contributed by atoms with Gasteiger partial charge in [-0.1, -0.05) is 42.0 Å². The normalized spacial score (nSPS) is 11.9. The SMILES string of the molecule is Cc1ccc(CS(=O)(=O)NCCc2nc3ccccc3n2C)cc1. The highest BCUT2D eigenvalue weighted by atomic mass is 32.2. The fraction of sp³-hybridized carbons (Fsp3) is 0.278. The largest absolute Gasteiger partial charge is 0.331 e. The zero-order valence-electron chi connectivity index (χ0n) is 13.9. The molecule has 0 aliphatic heterocycles. The van der Waals surface area contributed by atoms with Crippen molar-refractivity contribution in [2.24, 2.45) is 7.05 Å². The average Bonchev–Trinajstić information content (AvgIpc) is 2.86. The van der Waals surface area contributed by atoms with Crippen molar-refractivity contribution in [3.8, 4) is 0 Å². The summed E-state index contributed by atoms with van der Waals surface area (Å²) < 4.78 is 29.1. The van der Waals surface area contributed by atoms with Crippen LogP contribution in [0.3, 0.4) is 0 Å². The predicted octanol–water partition coefficient (Wildman–Crippen LogP) is 2.54. The molecule has 2 aromatic carbocycles. The van der Waals surface area contributed by atoms with E-state index in [0.717, 1.165) is 28.0 Å². The van der Waals surface area contributed by atoms with Crippen molar-refractivity contribution in [3.63, 3.8) is 0 Å². The Kier molecular flexibility index (Phi) is 4.69. The lowest BCUT2D eigenvalue weighted by Gasteiger charge is -2.07. The number of fused-ring (bicyclic) bond motifs is 1. The van der Waals surface area contributed by atoms with Crippen LogP contribution < -0.4 is 4.72 Å². The highest BCUT2D eigenvalue weighted by molar-refractivity contribution is 7.88. The summed E-state index contributed by atoms with van der Waals surface area (Å²) in [5.74, 6) is 0.866. The summed E-state index contributed by atoms with van der Waals surface area (Å²) in [6.07, 6.45) is 0.554. The Hall–Kier alpha value is -2.18. The summed E-state index contributed by atoms with van der Waals surface area (Å²) in [4.78, 5) is 4.55. The van der Waals surface area contributed by atoms with Crippen LogP contribution in [0.5, 0.6) is 0 Å². The monoisotopic (exact) mass is 343 g/mol. The smallest absolute Gasteiger partial charge is 0.215 e. The number of aromatic nitrogens is 2. The third-order valence-electron chi connectivity index (χ3n) is 4.03. The van der Waals surface area contributed by atoms with Gasteiger partial charge in [0.2, 0.25) is 10.0 Å². The van der Waals surface area contributed by atoms with E-state index in [9.17, 15) is 8.42 Å². The van der Waals surface area contributed by atoms with E-state index < -0.39 is 10.0 Å². The van der Waals surface area contributed by atoms with E-state index in [1.807, 2.05) is 67.1 Å². The van der Waals surface area contributed by atoms with Gasteiger partial charge in [0.15, 0.2) is 0 Å². The second-order valence-electron chi connectivity index (χ2n) is 5.96. The Morgan fingerprint density at radius 2 is 1.79 bits per heavy atom. The molecule has 0 saturated carbocycles. The van der Waals surface area contributed by atoms with Crippen molar-refractivity contribution < 1.29 is 8.42 Å². The molecule has 126 valence electrons. The lowest BCUT2D eigenvalue weighted by Crippen LogP contribution is -2.27. The van der Waals surface area contributed by atoms with Gasteiger partial charge < -0.3 is 4.57 Å². The van der Waals surface area contributed by atoms with Crippen molar-refractivity contribution in [3.05, 3.63) is 65.5 Å². The Balaban J connectivity index is 1.62. The van der Waals surface area contributed by atoms with Crippen LogP contribution in [-0.2, 0) is 29.2 Å². The average molecular weight is 343 g/mol. The quantitative estimate of drug-likeness (QED) is 0.748. The molecule has 3 rings (SSSR count). The number of para-hydroxylation sites is 2. The molecule has 1 aromatic heterocycles. The number of aryl methyl sites for hydroxylation is 2. The van der Waals surface area contributed by atoms with E-state index in [4.69, 9.17) is 0 Å². The first-order chi connectivity index (χ1) is 11.4. The molecule has 1 heterocycles. The van der Waals surface area contributed by atoms with Gasteiger partial charge in [0.05, 0.1) is 16.8 Å². The number of hydrogen-bond donors (Lipinski definition) is 1. The van der Waals surface area contributed by atoms with E-state index in [-0.39, 0.29) is 5.75 Å². The van der Waals surface area contributed by atoms with Gasteiger partial charge in [-0.3, -0.25) is 0 Å². The van der Waals surface area contributed by atoms with Crippen LogP contribution in [-0.4, -0.2) is 24.5 Å². The number of nitrogens with zero attached hydrogens (tertiary/aromatic N) is 2. The standard InChI is InChI=1S/C18H21N3O2S/c1-14-7-9-15(10-8-14)13-24(22,23)19-12-11-18-20-16-5-3-4-6-17(16)21(18)2/h3-10,19H,11-13H2,1-2H3. The van der Waals surface area contributed by atoms with Crippen LogP contribution in [0.4, 0.5) is 0 Å². The van der Waals surface area contributed by atoms with E-state index in [1.54, 1.807) is 0 Å². The number of nitrogens with one attached hydrogen (secondary N) is 1. The Labute approximate surface area is 142 Å². The molecule has 0 aliphatic carbocycles. The molecule has 0 saturated heterocycles. The number of rotatable bonds is 6. The van der Waals surface area contributed by atoms with Crippen LogP contribution in [0, 0.1) is 6.92 Å². The Morgan fingerprint density at radius 1 is 1.08 bits per heavy atom. The molecule has 6 heteroatoms. The van der Waals surface area contributed by atoms with Gasteiger partial charge >= 0.3 is 0 Å². The topological polar surface area (TPSA) is 64.0 Å². The fourth-order valence-electron chi connectivity index (χ4n) is 2.69. The summed E-state index contributed by atoms with van der Waals surface area (Å²) in [5.41, 5.74) is 3.88. The van der Waals surface area contributed by atoms with Crippen LogP contribution >= 0.6 is 0 Å². The van der Waals surface area contributed by atoms with Gasteiger partial charge in [0.1, 0.15) is 5.82 Å². The third-order valence-corrected chi connectivity index (χ3v) is 5.38.